The monoisotopic (exact) mass is 327 g/mol. The Morgan fingerprint density at radius 1 is 1.32 bits per heavy atom. The van der Waals surface area contributed by atoms with Gasteiger partial charge >= 0.3 is 12.1 Å². The molecule has 0 aliphatic rings. The van der Waals surface area contributed by atoms with Crippen LogP contribution in [0.15, 0.2) is 28.6 Å². The molecule has 0 radical (unpaired) electrons. The maximum absolute atomic E-state index is 12.7. The highest BCUT2D eigenvalue weighted by atomic mass is 32.2. The van der Waals surface area contributed by atoms with Crippen LogP contribution in [0, 0.1) is 6.92 Å². The van der Waals surface area contributed by atoms with Crippen LogP contribution in [0.3, 0.4) is 0 Å². The molecule has 7 heteroatoms. The Labute approximate surface area is 130 Å². The number of aliphatic carboxylic acids is 1. The van der Waals surface area contributed by atoms with Crippen molar-refractivity contribution in [2.24, 2.45) is 4.36 Å². The van der Waals surface area contributed by atoms with Gasteiger partial charge in [-0.1, -0.05) is 29.8 Å². The third kappa shape index (κ3) is 6.71. The highest BCUT2D eigenvalue weighted by Crippen LogP contribution is 2.14. The van der Waals surface area contributed by atoms with Gasteiger partial charge in [0.25, 0.3) is 0 Å². The molecule has 0 spiro atoms. The number of carboxylic acids is 1. The lowest BCUT2D eigenvalue weighted by molar-refractivity contribution is -0.134. The lowest BCUT2D eigenvalue weighted by Gasteiger charge is -2.18. The Morgan fingerprint density at radius 2 is 1.95 bits per heavy atom. The smallest absolute Gasteiger partial charge is 0.442 e. The van der Waals surface area contributed by atoms with E-state index in [1.54, 1.807) is 39.0 Å². The first kappa shape index (κ1) is 18.2. The molecule has 0 aliphatic heterocycles. The minimum Gasteiger partial charge on any atom is -0.481 e. The minimum atomic E-state index is -3.28. The second kappa shape index (κ2) is 6.91. The zero-order valence-electron chi connectivity index (χ0n) is 13.2. The maximum atomic E-state index is 12.7. The molecule has 0 fully saturated rings. The number of ether oxygens (including phenoxy) is 1. The lowest BCUT2D eigenvalue weighted by Crippen LogP contribution is -2.24. The Balaban J connectivity index is 3.12. The molecule has 0 saturated carbocycles. The predicted molar refractivity (Wildman–Crippen MR) is 84.2 cm³/mol. The molecule has 1 amide bonds. The van der Waals surface area contributed by atoms with E-state index < -0.39 is 33.1 Å². The van der Waals surface area contributed by atoms with E-state index in [-0.39, 0.29) is 5.75 Å². The van der Waals surface area contributed by atoms with Gasteiger partial charge in [-0.2, -0.15) is 0 Å². The van der Waals surface area contributed by atoms with Crippen molar-refractivity contribution < 1.29 is 23.6 Å². The van der Waals surface area contributed by atoms with Crippen molar-refractivity contribution in [3.05, 3.63) is 35.4 Å². The highest BCUT2D eigenvalue weighted by molar-refractivity contribution is 7.93. The summed E-state index contributed by atoms with van der Waals surface area (Å²) in [6.07, 6.45) is -1.01. The van der Waals surface area contributed by atoms with Gasteiger partial charge < -0.3 is 9.84 Å². The van der Waals surface area contributed by atoms with Gasteiger partial charge in [-0.05, 0) is 33.3 Å². The molecule has 1 aromatic carbocycles. The van der Waals surface area contributed by atoms with E-state index in [1.165, 1.54) is 0 Å². The molecule has 1 N–H and O–H groups in total. The van der Waals surface area contributed by atoms with Crippen molar-refractivity contribution in [2.75, 3.05) is 5.75 Å². The van der Waals surface area contributed by atoms with E-state index in [1.807, 2.05) is 13.0 Å². The third-order valence-electron chi connectivity index (χ3n) is 2.46. The summed E-state index contributed by atoms with van der Waals surface area (Å²) >= 11 is 0. The highest BCUT2D eigenvalue weighted by Gasteiger charge is 2.21. The molecule has 0 aromatic heterocycles. The Bertz CT molecular complexity index is 681. The quantitative estimate of drug-likeness (QED) is 0.917. The Hall–Kier alpha value is -1.89. The molecule has 1 rings (SSSR count). The molecule has 6 nitrogen and oxygen atoms in total. The normalized spacial score (nSPS) is 14.0. The average molecular weight is 327 g/mol. The lowest BCUT2D eigenvalue weighted by atomic mass is 10.2. The number of rotatable bonds is 4. The van der Waals surface area contributed by atoms with Crippen molar-refractivity contribution in [3.63, 3.8) is 0 Å². The number of hydrogen-bond donors (Lipinski definition) is 1. The van der Waals surface area contributed by atoms with Gasteiger partial charge in [0.2, 0.25) is 0 Å². The van der Waals surface area contributed by atoms with E-state index in [2.05, 4.69) is 4.36 Å². The minimum absolute atomic E-state index is 0.111. The van der Waals surface area contributed by atoms with Gasteiger partial charge in [-0.25, -0.2) is 9.00 Å². The average Bonchev–Trinajstić information content (AvgIpc) is 2.23. The fourth-order valence-electron chi connectivity index (χ4n) is 1.79. The molecule has 22 heavy (non-hydrogen) atoms. The largest absolute Gasteiger partial charge is 0.481 e. The van der Waals surface area contributed by atoms with E-state index in [0.29, 0.717) is 5.56 Å². The van der Waals surface area contributed by atoms with Crippen LogP contribution in [-0.4, -0.2) is 32.7 Å². The Kier molecular flexibility index (Phi) is 5.71. The van der Waals surface area contributed by atoms with Crippen molar-refractivity contribution in [2.45, 2.75) is 39.0 Å². The zero-order valence-corrected chi connectivity index (χ0v) is 14.0. The second-order valence-corrected chi connectivity index (χ2v) is 8.32. The van der Waals surface area contributed by atoms with Crippen LogP contribution in [0.4, 0.5) is 4.79 Å². The van der Waals surface area contributed by atoms with E-state index in [4.69, 9.17) is 9.84 Å². The summed E-state index contributed by atoms with van der Waals surface area (Å²) in [5, 5.41) is 8.94. The number of carbonyl (C=O) groups is 2. The summed E-state index contributed by atoms with van der Waals surface area (Å²) in [6.45, 7) is 6.83. The molecular formula is C15H21NO5S. The van der Waals surface area contributed by atoms with Gasteiger partial charge in [0, 0.05) is 0 Å². The van der Waals surface area contributed by atoms with Crippen LogP contribution < -0.4 is 0 Å². The van der Waals surface area contributed by atoms with Crippen molar-refractivity contribution in [3.8, 4) is 0 Å². The summed E-state index contributed by atoms with van der Waals surface area (Å²) in [6, 6.07) is 7.15. The molecule has 0 bridgehead atoms. The van der Waals surface area contributed by atoms with Gasteiger partial charge in [0.05, 0.1) is 15.5 Å². The van der Waals surface area contributed by atoms with Gasteiger partial charge in [0.15, 0.2) is 0 Å². The van der Waals surface area contributed by atoms with Gasteiger partial charge in [0.1, 0.15) is 11.4 Å². The van der Waals surface area contributed by atoms with Gasteiger partial charge in [-0.15, -0.1) is 4.36 Å². The molecule has 0 heterocycles. The number of amides is 1. The van der Waals surface area contributed by atoms with Crippen LogP contribution in [-0.2, 0) is 25.0 Å². The molecule has 1 aromatic rings. The van der Waals surface area contributed by atoms with E-state index in [9.17, 15) is 13.8 Å². The number of hydrogen-bond acceptors (Lipinski definition) is 4. The first-order valence-corrected chi connectivity index (χ1v) is 8.57. The summed E-state index contributed by atoms with van der Waals surface area (Å²) < 4.78 is 21.3. The van der Waals surface area contributed by atoms with Crippen LogP contribution in [0.5, 0.6) is 0 Å². The Morgan fingerprint density at radius 3 is 2.45 bits per heavy atom. The summed E-state index contributed by atoms with van der Waals surface area (Å²) in [5.74, 6) is -2.09. The van der Waals surface area contributed by atoms with Crippen molar-refractivity contribution in [1.82, 2.24) is 0 Å². The predicted octanol–water partition coefficient (Wildman–Crippen LogP) is 2.98. The van der Waals surface area contributed by atoms with Crippen molar-refractivity contribution >= 4 is 21.8 Å². The molecule has 122 valence electrons. The number of nitrogens with zero attached hydrogens (tertiary/aromatic N) is 1. The number of benzene rings is 1. The summed E-state index contributed by atoms with van der Waals surface area (Å²) in [4.78, 5) is 22.7. The van der Waals surface area contributed by atoms with E-state index >= 15 is 0 Å². The molecule has 0 aliphatic carbocycles. The molecule has 1 atom stereocenters. The topological polar surface area (TPSA) is 93.0 Å². The first-order valence-electron chi connectivity index (χ1n) is 6.72. The number of carboxylic acid groups (broad SMARTS) is 1. The van der Waals surface area contributed by atoms with Crippen LogP contribution in [0.2, 0.25) is 0 Å². The summed E-state index contributed by atoms with van der Waals surface area (Å²) in [7, 11) is -3.28. The van der Waals surface area contributed by atoms with Crippen LogP contribution in [0.25, 0.3) is 0 Å². The van der Waals surface area contributed by atoms with Gasteiger partial charge in [-0.3, -0.25) is 4.79 Å². The SMILES string of the molecule is Cc1cccc(CS(=O)(CC(=O)O)=NC(=O)OC(C)(C)C)c1. The van der Waals surface area contributed by atoms with E-state index in [0.717, 1.165) is 5.56 Å². The molecule has 0 saturated heterocycles. The number of carbonyl (C=O) groups excluding carboxylic acids is 1. The molecular weight excluding hydrogens is 306 g/mol. The fraction of sp³-hybridized carbons (Fsp3) is 0.467. The summed E-state index contributed by atoms with van der Waals surface area (Å²) in [5.41, 5.74) is 0.832. The number of aryl methyl sites for hydroxylation is 1. The zero-order chi connectivity index (χ0) is 17.0. The third-order valence-corrected chi connectivity index (χ3v) is 4.42. The van der Waals surface area contributed by atoms with Crippen LogP contribution in [0.1, 0.15) is 31.9 Å². The molecule has 1 unspecified atom stereocenters. The maximum Gasteiger partial charge on any atom is 0.442 e. The fourth-order valence-corrected chi connectivity index (χ4v) is 3.41. The van der Waals surface area contributed by atoms with Crippen LogP contribution >= 0.6 is 0 Å². The first-order chi connectivity index (χ1) is 9.99. The van der Waals surface area contributed by atoms with Crippen molar-refractivity contribution in [1.29, 1.82) is 0 Å². The standard InChI is InChI=1S/C15H21NO5S/c1-11-6-5-7-12(8-11)9-22(20,10-13(17)18)16-14(19)21-15(2,3)4/h5-8H,9-10H2,1-4H3,(H,17,18). The second-order valence-electron chi connectivity index (χ2n) is 6.02.